The summed E-state index contributed by atoms with van der Waals surface area (Å²) < 4.78 is 5.27. The molecule has 0 heterocycles. The Labute approximate surface area is 140 Å². The van der Waals surface area contributed by atoms with E-state index in [1.54, 1.807) is 36.0 Å². The van der Waals surface area contributed by atoms with E-state index in [-0.39, 0.29) is 12.6 Å². The normalized spacial score (nSPS) is 9.74. The van der Waals surface area contributed by atoms with E-state index >= 15 is 0 Å². The zero-order valence-electron chi connectivity index (χ0n) is 12.8. The summed E-state index contributed by atoms with van der Waals surface area (Å²) in [5.74, 6) is 3.07. The lowest BCUT2D eigenvalue weighted by atomic mass is 10.2. The average molecular weight is 326 g/mol. The third kappa shape index (κ3) is 5.61. The standard InChI is InChI=1S/C18H18N2O2S/c1-3-12-22-16-8-6-15(7-9-16)20-18(21)19-13-14-4-10-17(23-2)11-5-14/h1,4-11H,12-13H2,2H3,(H2,19,20,21). The van der Waals surface area contributed by atoms with Gasteiger partial charge in [-0.2, -0.15) is 0 Å². The molecule has 5 heteroatoms. The van der Waals surface area contributed by atoms with Crippen molar-refractivity contribution in [2.75, 3.05) is 18.2 Å². The molecule has 0 aromatic heterocycles. The van der Waals surface area contributed by atoms with Crippen molar-refractivity contribution in [3.8, 4) is 18.1 Å². The predicted molar refractivity (Wildman–Crippen MR) is 94.9 cm³/mol. The maximum Gasteiger partial charge on any atom is 0.319 e. The van der Waals surface area contributed by atoms with Gasteiger partial charge in [0, 0.05) is 17.1 Å². The zero-order chi connectivity index (χ0) is 16.5. The summed E-state index contributed by atoms with van der Waals surface area (Å²) in [6.07, 6.45) is 7.16. The minimum Gasteiger partial charge on any atom is -0.481 e. The number of benzene rings is 2. The number of hydrogen-bond acceptors (Lipinski definition) is 3. The van der Waals surface area contributed by atoms with Gasteiger partial charge in [-0.3, -0.25) is 0 Å². The molecule has 118 valence electrons. The molecule has 0 bridgehead atoms. The molecule has 0 saturated carbocycles. The van der Waals surface area contributed by atoms with Gasteiger partial charge in [0.2, 0.25) is 0 Å². The lowest BCUT2D eigenvalue weighted by Crippen LogP contribution is -2.28. The van der Waals surface area contributed by atoms with Crippen molar-refractivity contribution in [2.24, 2.45) is 0 Å². The highest BCUT2D eigenvalue weighted by Crippen LogP contribution is 2.16. The zero-order valence-corrected chi connectivity index (χ0v) is 13.7. The maximum atomic E-state index is 11.9. The highest BCUT2D eigenvalue weighted by molar-refractivity contribution is 7.98. The topological polar surface area (TPSA) is 50.4 Å². The van der Waals surface area contributed by atoms with E-state index in [2.05, 4.69) is 16.6 Å². The molecule has 0 aliphatic rings. The smallest absolute Gasteiger partial charge is 0.319 e. The molecule has 0 saturated heterocycles. The monoisotopic (exact) mass is 326 g/mol. The van der Waals surface area contributed by atoms with Gasteiger partial charge in [0.15, 0.2) is 0 Å². The number of carbonyl (C=O) groups is 1. The number of rotatable bonds is 6. The summed E-state index contributed by atoms with van der Waals surface area (Å²) in [5.41, 5.74) is 1.74. The van der Waals surface area contributed by atoms with Crippen LogP contribution in [0.2, 0.25) is 0 Å². The number of urea groups is 1. The Hall–Kier alpha value is -2.58. The van der Waals surface area contributed by atoms with E-state index < -0.39 is 0 Å². The summed E-state index contributed by atoms with van der Waals surface area (Å²) in [6.45, 7) is 0.701. The third-order valence-electron chi connectivity index (χ3n) is 3.05. The number of terminal acetylenes is 1. The molecule has 0 fully saturated rings. The van der Waals surface area contributed by atoms with Crippen LogP contribution in [0.1, 0.15) is 5.56 Å². The fourth-order valence-corrected chi connectivity index (χ4v) is 2.27. The number of carbonyl (C=O) groups excluding carboxylic acids is 1. The highest BCUT2D eigenvalue weighted by Gasteiger charge is 2.02. The summed E-state index contributed by atoms with van der Waals surface area (Å²) in [4.78, 5) is 13.1. The molecule has 0 aliphatic heterocycles. The van der Waals surface area contributed by atoms with Gasteiger partial charge in [-0.05, 0) is 48.2 Å². The Morgan fingerprint density at radius 2 is 1.87 bits per heavy atom. The molecule has 23 heavy (non-hydrogen) atoms. The summed E-state index contributed by atoms with van der Waals surface area (Å²) in [6, 6.07) is 14.9. The summed E-state index contributed by atoms with van der Waals surface area (Å²) >= 11 is 1.69. The van der Waals surface area contributed by atoms with Gasteiger partial charge >= 0.3 is 6.03 Å². The molecule has 2 aromatic carbocycles. The van der Waals surface area contributed by atoms with Crippen LogP contribution in [-0.4, -0.2) is 18.9 Å². The second-order valence-electron chi connectivity index (χ2n) is 4.67. The number of thioether (sulfide) groups is 1. The van der Waals surface area contributed by atoms with E-state index in [1.807, 2.05) is 30.5 Å². The van der Waals surface area contributed by atoms with Crippen LogP contribution in [0.25, 0.3) is 0 Å². The van der Waals surface area contributed by atoms with Crippen LogP contribution in [0.3, 0.4) is 0 Å². The van der Waals surface area contributed by atoms with E-state index in [9.17, 15) is 4.79 Å². The van der Waals surface area contributed by atoms with Crippen LogP contribution < -0.4 is 15.4 Å². The van der Waals surface area contributed by atoms with Crippen LogP contribution in [0.4, 0.5) is 10.5 Å². The first-order valence-corrected chi connectivity index (χ1v) is 8.28. The maximum absolute atomic E-state index is 11.9. The van der Waals surface area contributed by atoms with Crippen molar-refractivity contribution in [1.29, 1.82) is 0 Å². The van der Waals surface area contributed by atoms with E-state index in [0.717, 1.165) is 5.56 Å². The van der Waals surface area contributed by atoms with Crippen molar-refractivity contribution in [3.63, 3.8) is 0 Å². The Morgan fingerprint density at radius 1 is 1.17 bits per heavy atom. The minimum atomic E-state index is -0.253. The molecule has 2 N–H and O–H groups in total. The number of ether oxygens (including phenoxy) is 1. The highest BCUT2D eigenvalue weighted by atomic mass is 32.2. The first-order chi connectivity index (χ1) is 11.2. The molecule has 2 rings (SSSR count). The van der Waals surface area contributed by atoms with E-state index in [0.29, 0.717) is 18.0 Å². The number of hydrogen-bond donors (Lipinski definition) is 2. The van der Waals surface area contributed by atoms with Crippen LogP contribution in [-0.2, 0) is 6.54 Å². The fourth-order valence-electron chi connectivity index (χ4n) is 1.86. The lowest BCUT2D eigenvalue weighted by Gasteiger charge is -2.09. The first-order valence-electron chi connectivity index (χ1n) is 7.05. The molecule has 0 radical (unpaired) electrons. The molecule has 0 atom stereocenters. The second-order valence-corrected chi connectivity index (χ2v) is 5.55. The first kappa shape index (κ1) is 16.8. The van der Waals surface area contributed by atoms with Crippen molar-refractivity contribution in [2.45, 2.75) is 11.4 Å². The Morgan fingerprint density at radius 3 is 2.48 bits per heavy atom. The van der Waals surface area contributed by atoms with Gasteiger partial charge in [0.1, 0.15) is 12.4 Å². The number of amides is 2. The van der Waals surface area contributed by atoms with Crippen molar-refractivity contribution < 1.29 is 9.53 Å². The molecule has 0 spiro atoms. The SMILES string of the molecule is C#CCOc1ccc(NC(=O)NCc2ccc(SC)cc2)cc1. The lowest BCUT2D eigenvalue weighted by molar-refractivity contribution is 0.251. The average Bonchev–Trinajstić information content (AvgIpc) is 2.60. The predicted octanol–water partition coefficient (Wildman–Crippen LogP) is 3.74. The fraction of sp³-hybridized carbons (Fsp3) is 0.167. The van der Waals surface area contributed by atoms with E-state index in [1.165, 1.54) is 4.90 Å². The third-order valence-corrected chi connectivity index (χ3v) is 3.79. The Bertz CT molecular complexity index is 676. The molecule has 2 aromatic rings. The van der Waals surface area contributed by atoms with Gasteiger partial charge in [-0.15, -0.1) is 18.2 Å². The van der Waals surface area contributed by atoms with Crippen molar-refractivity contribution in [3.05, 3.63) is 54.1 Å². The van der Waals surface area contributed by atoms with Crippen molar-refractivity contribution in [1.82, 2.24) is 5.32 Å². The van der Waals surface area contributed by atoms with Crippen LogP contribution in [0.5, 0.6) is 5.75 Å². The molecule has 4 nitrogen and oxygen atoms in total. The van der Waals surface area contributed by atoms with Gasteiger partial charge in [-0.25, -0.2) is 4.79 Å². The van der Waals surface area contributed by atoms with Crippen molar-refractivity contribution >= 4 is 23.5 Å². The second kappa shape index (κ2) is 8.76. The van der Waals surface area contributed by atoms with E-state index in [4.69, 9.17) is 11.2 Å². The Balaban J connectivity index is 1.80. The van der Waals surface area contributed by atoms with Gasteiger partial charge < -0.3 is 15.4 Å². The Kier molecular flexibility index (Phi) is 6.40. The molecular formula is C18H18N2O2S. The van der Waals surface area contributed by atoms with Gasteiger partial charge in [0.05, 0.1) is 0 Å². The van der Waals surface area contributed by atoms with Crippen LogP contribution in [0, 0.1) is 12.3 Å². The molecular weight excluding hydrogens is 308 g/mol. The van der Waals surface area contributed by atoms with Crippen LogP contribution in [0.15, 0.2) is 53.4 Å². The minimum absolute atomic E-state index is 0.225. The summed E-state index contributed by atoms with van der Waals surface area (Å²) in [7, 11) is 0. The molecule has 2 amide bonds. The van der Waals surface area contributed by atoms with Gasteiger partial charge in [0.25, 0.3) is 0 Å². The molecule has 0 aliphatic carbocycles. The number of anilines is 1. The number of nitrogens with one attached hydrogen (secondary N) is 2. The largest absolute Gasteiger partial charge is 0.481 e. The summed E-state index contributed by atoms with van der Waals surface area (Å²) in [5, 5.41) is 5.59. The quantitative estimate of drug-likeness (QED) is 0.628. The van der Waals surface area contributed by atoms with Gasteiger partial charge in [-0.1, -0.05) is 18.1 Å². The molecule has 0 unspecified atom stereocenters. The van der Waals surface area contributed by atoms with Crippen LogP contribution >= 0.6 is 11.8 Å².